The Bertz CT molecular complexity index is 498. The minimum absolute atomic E-state index is 0.524. The van der Waals surface area contributed by atoms with Crippen LogP contribution in [-0.2, 0) is 6.54 Å². The lowest BCUT2D eigenvalue weighted by atomic mass is 10.3. The van der Waals surface area contributed by atoms with Gasteiger partial charge in [-0.25, -0.2) is 4.98 Å². The second kappa shape index (κ2) is 4.71. The van der Waals surface area contributed by atoms with Crippen LogP contribution >= 0.6 is 27.5 Å². The third-order valence-electron chi connectivity index (χ3n) is 2.01. The van der Waals surface area contributed by atoms with Crippen LogP contribution in [0.25, 0.3) is 0 Å². The topological polar surface area (TPSA) is 79.6 Å². The third-order valence-corrected chi connectivity index (χ3v) is 2.73. The maximum Gasteiger partial charge on any atom is 0.145 e. The molecule has 84 valence electrons. The molecule has 0 bridgehead atoms. The monoisotopic (exact) mass is 301 g/mol. The highest BCUT2D eigenvalue weighted by atomic mass is 79.9. The number of nitrogens with two attached hydrogens (primary N) is 1. The van der Waals surface area contributed by atoms with Crippen LogP contribution < -0.4 is 11.1 Å². The molecule has 0 unspecified atom stereocenters. The van der Waals surface area contributed by atoms with E-state index in [-0.39, 0.29) is 0 Å². The molecule has 2 heterocycles. The van der Waals surface area contributed by atoms with E-state index in [0.29, 0.717) is 23.2 Å². The van der Waals surface area contributed by atoms with Gasteiger partial charge >= 0.3 is 0 Å². The van der Waals surface area contributed by atoms with Gasteiger partial charge in [-0.2, -0.15) is 5.10 Å². The lowest BCUT2D eigenvalue weighted by molar-refractivity contribution is 1.10. The number of nitrogen functional groups attached to an aromatic ring is 1. The summed E-state index contributed by atoms with van der Waals surface area (Å²) >= 11 is 9.29. The van der Waals surface area contributed by atoms with Gasteiger partial charge in [0.2, 0.25) is 0 Å². The summed E-state index contributed by atoms with van der Waals surface area (Å²) in [6.45, 7) is 0.524. The highest BCUT2D eigenvalue weighted by Gasteiger charge is 2.04. The first-order valence-corrected chi connectivity index (χ1v) is 5.66. The molecule has 0 saturated heterocycles. The molecule has 0 spiro atoms. The number of anilines is 2. The Hall–Kier alpha value is -1.27. The maximum atomic E-state index is 6.00. The van der Waals surface area contributed by atoms with Crippen LogP contribution in [0.2, 0.25) is 5.02 Å². The van der Waals surface area contributed by atoms with Crippen molar-refractivity contribution in [1.82, 2.24) is 15.2 Å². The van der Waals surface area contributed by atoms with Crippen LogP contribution in [0.1, 0.15) is 5.56 Å². The van der Waals surface area contributed by atoms with Crippen LogP contribution in [0.4, 0.5) is 11.6 Å². The first-order chi connectivity index (χ1) is 7.66. The smallest absolute Gasteiger partial charge is 0.145 e. The number of rotatable bonds is 3. The predicted octanol–water partition coefficient (Wildman–Crippen LogP) is 2.41. The Morgan fingerprint density at radius 3 is 2.94 bits per heavy atom. The minimum atomic E-state index is 0.524. The summed E-state index contributed by atoms with van der Waals surface area (Å²) in [5.74, 6) is 1.16. The van der Waals surface area contributed by atoms with E-state index in [2.05, 4.69) is 36.4 Å². The number of pyridine rings is 1. The Balaban J connectivity index is 2.08. The molecule has 0 aliphatic rings. The fourth-order valence-corrected chi connectivity index (χ4v) is 1.88. The van der Waals surface area contributed by atoms with Crippen molar-refractivity contribution in [2.24, 2.45) is 0 Å². The van der Waals surface area contributed by atoms with Crippen LogP contribution in [-0.4, -0.2) is 15.2 Å². The lowest BCUT2D eigenvalue weighted by Crippen LogP contribution is -2.03. The highest BCUT2D eigenvalue weighted by Crippen LogP contribution is 2.23. The minimum Gasteiger partial charge on any atom is -0.384 e. The Kier molecular flexibility index (Phi) is 3.31. The standard InChI is InChI=1S/C9H9BrClN5/c10-6-1-7(11)9(14-4-6)13-2-5-3-15-16-8(5)12/h1,3-4H,2H2,(H,13,14)(H3,12,15,16). The van der Waals surface area contributed by atoms with E-state index in [1.165, 1.54) is 0 Å². The van der Waals surface area contributed by atoms with Crippen molar-refractivity contribution < 1.29 is 0 Å². The van der Waals surface area contributed by atoms with Crippen molar-refractivity contribution in [2.75, 3.05) is 11.1 Å². The number of hydrogen-bond donors (Lipinski definition) is 3. The van der Waals surface area contributed by atoms with Crippen molar-refractivity contribution in [3.63, 3.8) is 0 Å². The zero-order valence-electron chi connectivity index (χ0n) is 8.17. The SMILES string of the molecule is Nc1[nH]ncc1CNc1ncc(Br)cc1Cl. The lowest BCUT2D eigenvalue weighted by Gasteiger charge is -2.06. The maximum absolute atomic E-state index is 6.00. The van der Waals surface area contributed by atoms with Crippen LogP contribution in [0.5, 0.6) is 0 Å². The van der Waals surface area contributed by atoms with Crippen molar-refractivity contribution in [2.45, 2.75) is 6.54 Å². The fourth-order valence-electron chi connectivity index (χ4n) is 1.19. The number of nitrogens with one attached hydrogen (secondary N) is 2. The van der Waals surface area contributed by atoms with E-state index in [4.69, 9.17) is 17.3 Å². The largest absolute Gasteiger partial charge is 0.384 e. The molecule has 5 nitrogen and oxygen atoms in total. The van der Waals surface area contributed by atoms with Crippen molar-refractivity contribution in [1.29, 1.82) is 0 Å². The third kappa shape index (κ3) is 2.45. The second-order valence-corrected chi connectivity index (χ2v) is 4.47. The Morgan fingerprint density at radius 2 is 2.31 bits per heavy atom. The number of H-pyrrole nitrogens is 1. The van der Waals surface area contributed by atoms with E-state index >= 15 is 0 Å². The molecule has 2 rings (SSSR count). The van der Waals surface area contributed by atoms with Gasteiger partial charge in [-0.1, -0.05) is 11.6 Å². The molecular formula is C9H9BrClN5. The van der Waals surface area contributed by atoms with E-state index in [0.717, 1.165) is 10.0 Å². The average Bonchev–Trinajstić information content (AvgIpc) is 2.63. The number of aromatic amines is 1. The summed E-state index contributed by atoms with van der Waals surface area (Å²) in [4.78, 5) is 4.15. The Morgan fingerprint density at radius 1 is 1.50 bits per heavy atom. The predicted molar refractivity (Wildman–Crippen MR) is 67.3 cm³/mol. The molecule has 2 aromatic rings. The first kappa shape index (κ1) is 11.2. The van der Waals surface area contributed by atoms with Gasteiger partial charge in [-0.3, -0.25) is 5.10 Å². The van der Waals surface area contributed by atoms with Gasteiger partial charge in [-0.05, 0) is 22.0 Å². The molecule has 0 atom stereocenters. The Labute approximate surface area is 106 Å². The highest BCUT2D eigenvalue weighted by molar-refractivity contribution is 9.10. The van der Waals surface area contributed by atoms with Crippen LogP contribution in [0, 0.1) is 0 Å². The van der Waals surface area contributed by atoms with Crippen LogP contribution in [0.3, 0.4) is 0 Å². The van der Waals surface area contributed by atoms with Gasteiger partial charge in [0, 0.05) is 22.8 Å². The average molecular weight is 303 g/mol. The molecule has 0 aliphatic heterocycles. The quantitative estimate of drug-likeness (QED) is 0.813. The molecule has 0 aromatic carbocycles. The zero-order chi connectivity index (χ0) is 11.5. The van der Waals surface area contributed by atoms with E-state index < -0.39 is 0 Å². The molecular weight excluding hydrogens is 293 g/mol. The zero-order valence-corrected chi connectivity index (χ0v) is 10.5. The van der Waals surface area contributed by atoms with E-state index in [9.17, 15) is 0 Å². The summed E-state index contributed by atoms with van der Waals surface area (Å²) in [7, 11) is 0. The van der Waals surface area contributed by atoms with Crippen molar-refractivity contribution >= 4 is 39.2 Å². The van der Waals surface area contributed by atoms with Crippen LogP contribution in [0.15, 0.2) is 22.9 Å². The van der Waals surface area contributed by atoms with Gasteiger partial charge in [0.15, 0.2) is 0 Å². The number of nitrogens with zero attached hydrogens (tertiary/aromatic N) is 2. The van der Waals surface area contributed by atoms with Gasteiger partial charge in [-0.15, -0.1) is 0 Å². The van der Waals surface area contributed by atoms with Gasteiger partial charge in [0.25, 0.3) is 0 Å². The molecule has 0 radical (unpaired) electrons. The summed E-state index contributed by atoms with van der Waals surface area (Å²) < 4.78 is 0.839. The summed E-state index contributed by atoms with van der Waals surface area (Å²) in [6, 6.07) is 1.77. The molecule has 2 aromatic heterocycles. The molecule has 0 fully saturated rings. The molecule has 16 heavy (non-hydrogen) atoms. The molecule has 0 aliphatic carbocycles. The van der Waals surface area contributed by atoms with Gasteiger partial charge < -0.3 is 11.1 Å². The first-order valence-electron chi connectivity index (χ1n) is 4.49. The summed E-state index contributed by atoms with van der Waals surface area (Å²) in [5.41, 5.74) is 6.52. The normalized spacial score (nSPS) is 10.4. The van der Waals surface area contributed by atoms with Gasteiger partial charge in [0.1, 0.15) is 11.6 Å². The fraction of sp³-hybridized carbons (Fsp3) is 0.111. The second-order valence-electron chi connectivity index (χ2n) is 3.15. The summed E-state index contributed by atoms with van der Waals surface area (Å²) in [6.07, 6.45) is 3.34. The van der Waals surface area contributed by atoms with E-state index in [1.54, 1.807) is 18.5 Å². The van der Waals surface area contributed by atoms with E-state index in [1.807, 2.05) is 0 Å². The number of aromatic nitrogens is 3. The molecule has 0 saturated carbocycles. The number of hydrogen-bond acceptors (Lipinski definition) is 4. The molecule has 7 heteroatoms. The number of halogens is 2. The van der Waals surface area contributed by atoms with Gasteiger partial charge in [0.05, 0.1) is 11.2 Å². The summed E-state index contributed by atoms with van der Waals surface area (Å²) in [5, 5.41) is 10.1. The molecule has 4 N–H and O–H groups in total. The van der Waals surface area contributed by atoms with Crippen molar-refractivity contribution in [3.05, 3.63) is 33.5 Å². The molecule has 0 amide bonds. The van der Waals surface area contributed by atoms with Crippen molar-refractivity contribution in [3.8, 4) is 0 Å².